The molecule has 0 bridgehead atoms. The number of aliphatic hydroxyl groups is 2. The van der Waals surface area contributed by atoms with E-state index in [4.69, 9.17) is 27.2 Å². The lowest BCUT2D eigenvalue weighted by molar-refractivity contribution is 0.0948. The van der Waals surface area contributed by atoms with Gasteiger partial charge < -0.3 is 20.7 Å². The molecule has 1 amide bonds. The van der Waals surface area contributed by atoms with Gasteiger partial charge in [-0.2, -0.15) is 0 Å². The molecular weight excluding hydrogens is 387 g/mol. The second-order valence-electron chi connectivity index (χ2n) is 5.93. The van der Waals surface area contributed by atoms with Crippen molar-refractivity contribution in [3.8, 4) is 22.8 Å². The van der Waals surface area contributed by atoms with Crippen LogP contribution >= 0.6 is 11.6 Å². The topological polar surface area (TPSA) is 106 Å². The Hall–Kier alpha value is -3.00. The molecule has 0 spiro atoms. The smallest absolute Gasteiger partial charge is 0.267 e. The first-order valence-electron chi connectivity index (χ1n) is 8.21. The fourth-order valence-corrected chi connectivity index (χ4v) is 2.66. The van der Waals surface area contributed by atoms with E-state index in [1.165, 1.54) is 18.2 Å². The van der Waals surface area contributed by atoms with Crippen LogP contribution in [0.15, 0.2) is 54.6 Å². The number of benzene rings is 2. The van der Waals surface area contributed by atoms with E-state index in [2.05, 4.69) is 4.98 Å². The highest BCUT2D eigenvalue weighted by atomic mass is 35.5. The number of hydrogen-bond donors (Lipinski definition) is 3. The zero-order valence-corrected chi connectivity index (χ0v) is 15.2. The lowest BCUT2D eigenvalue weighted by Gasteiger charge is -2.12. The van der Waals surface area contributed by atoms with Crippen molar-refractivity contribution in [2.24, 2.45) is 5.73 Å². The van der Waals surface area contributed by atoms with Crippen molar-refractivity contribution in [1.29, 1.82) is 0 Å². The highest BCUT2D eigenvalue weighted by molar-refractivity contribution is 6.30. The summed E-state index contributed by atoms with van der Waals surface area (Å²) in [6, 6.07) is 13.5. The van der Waals surface area contributed by atoms with Crippen molar-refractivity contribution < 1.29 is 24.1 Å². The standard InChI is InChI=1S/C20H16ClFN2O4/c21-13-3-6-19(15(22)9-13)28-14-4-1-11(2-5-14)16-7-12(18(26)10-25)8-17(24-16)20(23)27/h1-9,18,25-26H,10H2,(H2,23,27)/t18-/m0/s1. The summed E-state index contributed by atoms with van der Waals surface area (Å²) in [6.07, 6.45) is -1.17. The summed E-state index contributed by atoms with van der Waals surface area (Å²) in [4.78, 5) is 15.7. The number of carbonyl (C=O) groups is 1. The Morgan fingerprint density at radius 1 is 1.18 bits per heavy atom. The molecule has 0 aliphatic carbocycles. The van der Waals surface area contributed by atoms with Gasteiger partial charge in [0, 0.05) is 10.6 Å². The largest absolute Gasteiger partial charge is 0.454 e. The summed E-state index contributed by atoms with van der Waals surface area (Å²) < 4.78 is 19.3. The highest BCUT2D eigenvalue weighted by Crippen LogP contribution is 2.29. The number of nitrogens with two attached hydrogens (primary N) is 1. The van der Waals surface area contributed by atoms with Gasteiger partial charge in [0.15, 0.2) is 11.6 Å². The van der Waals surface area contributed by atoms with Gasteiger partial charge in [-0.1, -0.05) is 11.6 Å². The van der Waals surface area contributed by atoms with Crippen LogP contribution in [0.2, 0.25) is 5.02 Å². The van der Waals surface area contributed by atoms with E-state index in [-0.39, 0.29) is 16.5 Å². The molecule has 6 nitrogen and oxygen atoms in total. The maximum atomic E-state index is 13.8. The molecule has 28 heavy (non-hydrogen) atoms. The van der Waals surface area contributed by atoms with E-state index >= 15 is 0 Å². The third-order valence-corrected chi connectivity index (χ3v) is 4.16. The zero-order chi connectivity index (χ0) is 20.3. The quantitative estimate of drug-likeness (QED) is 0.585. The van der Waals surface area contributed by atoms with Crippen LogP contribution in [-0.2, 0) is 0 Å². The molecule has 0 radical (unpaired) electrons. The molecule has 4 N–H and O–H groups in total. The van der Waals surface area contributed by atoms with Crippen LogP contribution in [0, 0.1) is 5.82 Å². The number of aliphatic hydroxyl groups excluding tert-OH is 2. The van der Waals surface area contributed by atoms with Crippen molar-refractivity contribution in [2.45, 2.75) is 6.10 Å². The van der Waals surface area contributed by atoms with Gasteiger partial charge in [0.25, 0.3) is 5.91 Å². The number of amides is 1. The average Bonchev–Trinajstić information content (AvgIpc) is 2.69. The maximum Gasteiger partial charge on any atom is 0.267 e. The molecule has 1 heterocycles. The molecule has 0 aliphatic heterocycles. The lowest BCUT2D eigenvalue weighted by atomic mass is 10.0. The van der Waals surface area contributed by atoms with Gasteiger partial charge in [-0.25, -0.2) is 9.37 Å². The number of primary amides is 1. The minimum absolute atomic E-state index is 0.0272. The Bertz CT molecular complexity index is 1010. The summed E-state index contributed by atoms with van der Waals surface area (Å²) >= 11 is 5.72. The molecule has 1 aromatic heterocycles. The van der Waals surface area contributed by atoms with Gasteiger partial charge >= 0.3 is 0 Å². The van der Waals surface area contributed by atoms with Crippen molar-refractivity contribution in [2.75, 3.05) is 6.61 Å². The monoisotopic (exact) mass is 402 g/mol. The number of nitrogens with zero attached hydrogens (tertiary/aromatic N) is 1. The third-order valence-electron chi connectivity index (χ3n) is 3.93. The van der Waals surface area contributed by atoms with E-state index in [1.54, 1.807) is 30.3 Å². The van der Waals surface area contributed by atoms with Crippen LogP contribution in [0.25, 0.3) is 11.3 Å². The first-order valence-corrected chi connectivity index (χ1v) is 8.59. The van der Waals surface area contributed by atoms with Crippen molar-refractivity contribution in [3.05, 3.63) is 76.7 Å². The number of hydrogen-bond acceptors (Lipinski definition) is 5. The van der Waals surface area contributed by atoms with Crippen molar-refractivity contribution in [3.63, 3.8) is 0 Å². The number of rotatable bonds is 6. The molecule has 1 atom stereocenters. The van der Waals surface area contributed by atoms with Crippen molar-refractivity contribution in [1.82, 2.24) is 4.98 Å². The van der Waals surface area contributed by atoms with Crippen LogP contribution < -0.4 is 10.5 Å². The molecule has 8 heteroatoms. The number of carbonyl (C=O) groups excluding carboxylic acids is 1. The fourth-order valence-electron chi connectivity index (χ4n) is 2.50. The SMILES string of the molecule is NC(=O)c1cc([C@@H](O)CO)cc(-c2ccc(Oc3ccc(Cl)cc3F)cc2)n1. The molecule has 2 aromatic carbocycles. The van der Waals surface area contributed by atoms with E-state index < -0.39 is 24.4 Å². The molecular formula is C20H16ClFN2O4. The predicted octanol–water partition coefficient (Wildman–Crippen LogP) is 3.46. The molecule has 3 aromatic rings. The van der Waals surface area contributed by atoms with E-state index in [9.17, 15) is 14.3 Å². The molecule has 0 unspecified atom stereocenters. The van der Waals surface area contributed by atoms with Gasteiger partial charge in [0.05, 0.1) is 12.3 Å². The van der Waals surface area contributed by atoms with Crippen LogP contribution in [0.3, 0.4) is 0 Å². The minimum atomic E-state index is -1.17. The zero-order valence-electron chi connectivity index (χ0n) is 14.5. The average molecular weight is 403 g/mol. The van der Waals surface area contributed by atoms with E-state index in [0.29, 0.717) is 22.6 Å². The lowest BCUT2D eigenvalue weighted by Crippen LogP contribution is -2.15. The predicted molar refractivity (Wildman–Crippen MR) is 102 cm³/mol. The second kappa shape index (κ2) is 8.35. The number of halogens is 2. The Morgan fingerprint density at radius 2 is 1.89 bits per heavy atom. The molecule has 3 rings (SSSR count). The third kappa shape index (κ3) is 4.45. The number of aromatic nitrogens is 1. The van der Waals surface area contributed by atoms with Crippen LogP contribution in [0.1, 0.15) is 22.2 Å². The van der Waals surface area contributed by atoms with Gasteiger partial charge in [0.1, 0.15) is 17.5 Å². The molecule has 0 saturated carbocycles. The fraction of sp³-hybridized carbons (Fsp3) is 0.100. The van der Waals surface area contributed by atoms with Crippen LogP contribution in [0.5, 0.6) is 11.5 Å². The van der Waals surface area contributed by atoms with Gasteiger partial charge in [0.2, 0.25) is 0 Å². The molecule has 0 saturated heterocycles. The Kier molecular flexibility index (Phi) is 5.89. The van der Waals surface area contributed by atoms with E-state index in [1.807, 2.05) is 0 Å². The summed E-state index contributed by atoms with van der Waals surface area (Å²) in [5.41, 5.74) is 6.55. The van der Waals surface area contributed by atoms with Gasteiger partial charge in [-0.05, 0) is 60.2 Å². The van der Waals surface area contributed by atoms with Crippen molar-refractivity contribution >= 4 is 17.5 Å². The van der Waals surface area contributed by atoms with Crippen LogP contribution in [-0.4, -0.2) is 27.7 Å². The maximum absolute atomic E-state index is 13.8. The Morgan fingerprint density at radius 3 is 2.50 bits per heavy atom. The highest BCUT2D eigenvalue weighted by Gasteiger charge is 2.14. The molecule has 0 fully saturated rings. The minimum Gasteiger partial charge on any atom is -0.454 e. The van der Waals surface area contributed by atoms with Gasteiger partial charge in [-0.15, -0.1) is 0 Å². The second-order valence-corrected chi connectivity index (χ2v) is 6.37. The first kappa shape index (κ1) is 19.8. The van der Waals surface area contributed by atoms with Gasteiger partial charge in [-0.3, -0.25) is 4.79 Å². The van der Waals surface area contributed by atoms with E-state index in [0.717, 1.165) is 6.07 Å². The normalized spacial score (nSPS) is 11.9. The molecule has 144 valence electrons. The first-order chi connectivity index (χ1) is 13.4. The molecule has 0 aliphatic rings. The number of pyridine rings is 1. The summed E-state index contributed by atoms with van der Waals surface area (Å²) in [6.45, 7) is -0.513. The number of ether oxygens (including phenoxy) is 1. The Balaban J connectivity index is 1.90. The Labute approximate surface area is 165 Å². The summed E-state index contributed by atoms with van der Waals surface area (Å²) in [7, 11) is 0. The summed E-state index contributed by atoms with van der Waals surface area (Å²) in [5, 5.41) is 19.3. The summed E-state index contributed by atoms with van der Waals surface area (Å²) in [5.74, 6) is -0.938. The van der Waals surface area contributed by atoms with Crippen LogP contribution in [0.4, 0.5) is 4.39 Å².